The fourth-order valence-electron chi connectivity index (χ4n) is 3.05. The van der Waals surface area contributed by atoms with Crippen molar-refractivity contribution in [1.29, 1.82) is 0 Å². The largest absolute Gasteiger partial charge is 0.373 e. The van der Waals surface area contributed by atoms with Crippen molar-refractivity contribution >= 4 is 0 Å². The highest BCUT2D eigenvalue weighted by Gasteiger charge is 2.47. The van der Waals surface area contributed by atoms with Crippen molar-refractivity contribution in [2.45, 2.75) is 31.8 Å². The van der Waals surface area contributed by atoms with Crippen LogP contribution in [-0.2, 0) is 4.74 Å². The lowest BCUT2D eigenvalue weighted by molar-refractivity contribution is 0.249. The van der Waals surface area contributed by atoms with E-state index in [4.69, 9.17) is 4.74 Å². The number of hydrogen-bond acceptors (Lipinski definition) is 1. The molecule has 10 heavy (non-hydrogen) atoms. The molecule has 3 aliphatic rings. The van der Waals surface area contributed by atoms with Crippen molar-refractivity contribution in [1.82, 2.24) is 0 Å². The number of hydrogen-bond donors (Lipinski definition) is 0. The minimum absolute atomic E-state index is 0.704. The Morgan fingerprint density at radius 1 is 1.10 bits per heavy atom. The van der Waals surface area contributed by atoms with Crippen molar-refractivity contribution in [3.8, 4) is 0 Å². The van der Waals surface area contributed by atoms with E-state index in [2.05, 4.69) is 0 Å². The van der Waals surface area contributed by atoms with Crippen molar-refractivity contribution in [3.05, 3.63) is 0 Å². The Bertz CT molecular complexity index is 151. The van der Waals surface area contributed by atoms with Gasteiger partial charge < -0.3 is 4.74 Å². The summed E-state index contributed by atoms with van der Waals surface area (Å²) >= 11 is 0. The van der Waals surface area contributed by atoms with E-state index in [1.807, 2.05) is 0 Å². The van der Waals surface area contributed by atoms with E-state index in [9.17, 15) is 0 Å². The molecule has 0 N–H and O–H groups in total. The van der Waals surface area contributed by atoms with E-state index in [-0.39, 0.29) is 0 Å². The first-order valence-corrected chi connectivity index (χ1v) is 4.55. The van der Waals surface area contributed by atoms with Gasteiger partial charge in [0.2, 0.25) is 0 Å². The molecule has 56 valence electrons. The Hall–Kier alpha value is -0.0400. The molecule has 3 rings (SSSR count). The second kappa shape index (κ2) is 1.76. The van der Waals surface area contributed by atoms with Crippen LogP contribution in [0.4, 0.5) is 0 Å². The maximum Gasteiger partial charge on any atom is 0.0840 e. The Labute approximate surface area is 61.8 Å². The number of epoxide rings is 1. The average Bonchev–Trinajstić information content (AvgIpc) is 2.60. The highest BCUT2D eigenvalue weighted by molar-refractivity contribution is 4.96. The van der Waals surface area contributed by atoms with Crippen LogP contribution in [0.15, 0.2) is 0 Å². The van der Waals surface area contributed by atoms with Gasteiger partial charge in [0.1, 0.15) is 0 Å². The smallest absolute Gasteiger partial charge is 0.0840 e. The van der Waals surface area contributed by atoms with Gasteiger partial charge in [-0.05, 0) is 37.0 Å². The molecular formula is C9H14O. The van der Waals surface area contributed by atoms with Gasteiger partial charge in [0.15, 0.2) is 0 Å². The van der Waals surface area contributed by atoms with E-state index in [0.29, 0.717) is 6.10 Å². The van der Waals surface area contributed by atoms with Gasteiger partial charge in [-0.25, -0.2) is 0 Å². The molecule has 1 aliphatic heterocycles. The van der Waals surface area contributed by atoms with Gasteiger partial charge in [0.05, 0.1) is 12.7 Å². The summed E-state index contributed by atoms with van der Waals surface area (Å²) in [4.78, 5) is 0. The Balaban J connectivity index is 1.77. The monoisotopic (exact) mass is 138 g/mol. The molecule has 0 spiro atoms. The Kier molecular flexibility index (Phi) is 0.984. The lowest BCUT2D eigenvalue weighted by Crippen LogP contribution is -2.15. The molecule has 3 fully saturated rings. The third kappa shape index (κ3) is 0.672. The highest BCUT2D eigenvalue weighted by atomic mass is 16.6. The van der Waals surface area contributed by atoms with Gasteiger partial charge in [-0.2, -0.15) is 0 Å². The van der Waals surface area contributed by atoms with E-state index in [1.54, 1.807) is 0 Å². The van der Waals surface area contributed by atoms with Crippen LogP contribution in [0.5, 0.6) is 0 Å². The predicted octanol–water partition coefficient (Wildman–Crippen LogP) is 1.82. The van der Waals surface area contributed by atoms with Crippen molar-refractivity contribution in [2.75, 3.05) is 6.61 Å². The molecule has 0 aromatic heterocycles. The van der Waals surface area contributed by atoms with Crippen LogP contribution in [0, 0.1) is 17.8 Å². The van der Waals surface area contributed by atoms with Crippen molar-refractivity contribution in [3.63, 3.8) is 0 Å². The summed E-state index contributed by atoms with van der Waals surface area (Å²) in [6.07, 6.45) is 6.76. The summed E-state index contributed by atoms with van der Waals surface area (Å²) in [5.74, 6) is 3.15. The zero-order chi connectivity index (χ0) is 6.55. The number of fused-ring (bicyclic) bond motifs is 2. The molecule has 1 saturated heterocycles. The quantitative estimate of drug-likeness (QED) is 0.503. The van der Waals surface area contributed by atoms with E-state index in [1.165, 1.54) is 25.7 Å². The van der Waals surface area contributed by atoms with Crippen LogP contribution in [0.25, 0.3) is 0 Å². The van der Waals surface area contributed by atoms with Crippen LogP contribution in [-0.4, -0.2) is 12.7 Å². The average molecular weight is 138 g/mol. The number of ether oxygens (including phenoxy) is 1. The van der Waals surface area contributed by atoms with Gasteiger partial charge in [0.25, 0.3) is 0 Å². The first-order chi connectivity index (χ1) is 4.93. The minimum atomic E-state index is 0.704. The first-order valence-electron chi connectivity index (χ1n) is 4.55. The van der Waals surface area contributed by atoms with E-state index < -0.39 is 0 Å². The molecule has 1 heteroatoms. The molecule has 2 saturated carbocycles. The first kappa shape index (κ1) is 5.59. The SMILES string of the molecule is C1C[C@@H]2C[C@H]1C[C@H]2[C@@H]1CO1. The number of rotatable bonds is 1. The van der Waals surface area contributed by atoms with Gasteiger partial charge in [-0.1, -0.05) is 6.42 Å². The second-order valence-electron chi connectivity index (χ2n) is 4.21. The molecule has 0 unspecified atom stereocenters. The molecule has 4 atom stereocenters. The fraction of sp³-hybridized carbons (Fsp3) is 1.00. The van der Waals surface area contributed by atoms with Crippen molar-refractivity contribution in [2.24, 2.45) is 17.8 Å². The summed E-state index contributed by atoms with van der Waals surface area (Å²) in [7, 11) is 0. The third-order valence-corrected chi connectivity index (χ3v) is 3.63. The van der Waals surface area contributed by atoms with Crippen LogP contribution >= 0.6 is 0 Å². The van der Waals surface area contributed by atoms with Gasteiger partial charge in [0, 0.05) is 0 Å². The molecule has 2 bridgehead atoms. The third-order valence-electron chi connectivity index (χ3n) is 3.63. The molecule has 2 aliphatic carbocycles. The molecule has 0 amide bonds. The minimum Gasteiger partial charge on any atom is -0.373 e. The van der Waals surface area contributed by atoms with Gasteiger partial charge in [-0.15, -0.1) is 0 Å². The summed E-state index contributed by atoms with van der Waals surface area (Å²) in [6.45, 7) is 1.08. The molecule has 0 radical (unpaired) electrons. The maximum absolute atomic E-state index is 5.35. The van der Waals surface area contributed by atoms with E-state index >= 15 is 0 Å². The zero-order valence-electron chi connectivity index (χ0n) is 6.25. The lowest BCUT2D eigenvalue weighted by atomic mass is 9.87. The van der Waals surface area contributed by atoms with Crippen LogP contribution in [0.1, 0.15) is 25.7 Å². The molecule has 0 aromatic carbocycles. The second-order valence-corrected chi connectivity index (χ2v) is 4.21. The normalized spacial score (nSPS) is 57.6. The van der Waals surface area contributed by atoms with Crippen LogP contribution < -0.4 is 0 Å². The maximum atomic E-state index is 5.35. The molecule has 0 aromatic rings. The van der Waals surface area contributed by atoms with Gasteiger partial charge in [-0.3, -0.25) is 0 Å². The Morgan fingerprint density at radius 3 is 2.50 bits per heavy atom. The summed E-state index contributed by atoms with van der Waals surface area (Å²) in [5.41, 5.74) is 0. The summed E-state index contributed by atoms with van der Waals surface area (Å²) < 4.78 is 5.35. The predicted molar refractivity (Wildman–Crippen MR) is 38.7 cm³/mol. The lowest BCUT2D eigenvalue weighted by Gasteiger charge is -2.18. The van der Waals surface area contributed by atoms with Gasteiger partial charge >= 0.3 is 0 Å². The van der Waals surface area contributed by atoms with Crippen molar-refractivity contribution < 1.29 is 4.74 Å². The molecule has 1 heterocycles. The highest BCUT2D eigenvalue weighted by Crippen LogP contribution is 2.51. The molecular weight excluding hydrogens is 124 g/mol. The van der Waals surface area contributed by atoms with Crippen LogP contribution in [0.3, 0.4) is 0 Å². The summed E-state index contributed by atoms with van der Waals surface area (Å²) in [5, 5.41) is 0. The summed E-state index contributed by atoms with van der Waals surface area (Å²) in [6, 6.07) is 0. The fourth-order valence-corrected chi connectivity index (χ4v) is 3.05. The Morgan fingerprint density at radius 2 is 2.00 bits per heavy atom. The van der Waals surface area contributed by atoms with Crippen LogP contribution in [0.2, 0.25) is 0 Å². The zero-order valence-corrected chi connectivity index (χ0v) is 6.25. The topological polar surface area (TPSA) is 12.5 Å². The standard InChI is InChI=1S/C9H14O/c1-2-7-3-6(1)4-8(7)9-5-10-9/h6-9H,1-5H2/t6-,7+,8+,9-/m0/s1. The van der Waals surface area contributed by atoms with E-state index in [0.717, 1.165) is 24.4 Å². The molecule has 1 nitrogen and oxygen atoms in total.